The Morgan fingerprint density at radius 2 is 2.00 bits per heavy atom. The number of piperidine rings is 2. The minimum atomic E-state index is -0.297. The van der Waals surface area contributed by atoms with Gasteiger partial charge in [-0.3, -0.25) is 4.79 Å². The monoisotopic (exact) mass is 359 g/mol. The van der Waals surface area contributed by atoms with Crippen molar-refractivity contribution in [2.75, 3.05) is 38.1 Å². The van der Waals surface area contributed by atoms with Gasteiger partial charge in [0.1, 0.15) is 6.10 Å². The van der Waals surface area contributed by atoms with Crippen LogP contribution in [0.15, 0.2) is 12.1 Å². The summed E-state index contributed by atoms with van der Waals surface area (Å²) in [4.78, 5) is 17.2. The number of fused-ring (bicyclic) bond motifs is 1. The van der Waals surface area contributed by atoms with Crippen LogP contribution in [0.5, 0.6) is 0 Å². The molecular formula is C19H29N5O2. The minimum absolute atomic E-state index is 0.0793. The van der Waals surface area contributed by atoms with Gasteiger partial charge in [0, 0.05) is 19.1 Å². The molecule has 7 heteroatoms. The van der Waals surface area contributed by atoms with Gasteiger partial charge in [0.15, 0.2) is 5.82 Å². The van der Waals surface area contributed by atoms with Crippen LogP contribution >= 0.6 is 0 Å². The van der Waals surface area contributed by atoms with Crippen molar-refractivity contribution >= 4 is 11.7 Å². The van der Waals surface area contributed by atoms with Crippen LogP contribution in [-0.2, 0) is 9.53 Å². The molecule has 4 rings (SSSR count). The first-order valence-corrected chi connectivity index (χ1v) is 9.78. The first-order chi connectivity index (χ1) is 12.6. The van der Waals surface area contributed by atoms with Crippen LogP contribution in [-0.4, -0.2) is 72.5 Å². The lowest BCUT2D eigenvalue weighted by Crippen LogP contribution is -2.47. The predicted molar refractivity (Wildman–Crippen MR) is 99.0 cm³/mol. The van der Waals surface area contributed by atoms with Gasteiger partial charge in [-0.25, -0.2) is 0 Å². The predicted octanol–water partition coefficient (Wildman–Crippen LogP) is 0.979. The zero-order valence-corrected chi connectivity index (χ0v) is 15.7. The number of hydrogen-bond acceptors (Lipinski definition) is 6. The highest BCUT2D eigenvalue weighted by atomic mass is 16.5. The van der Waals surface area contributed by atoms with Gasteiger partial charge in [0.25, 0.3) is 0 Å². The molecule has 1 N–H and O–H groups in total. The molecule has 0 saturated carbocycles. The van der Waals surface area contributed by atoms with Crippen molar-refractivity contribution in [3.63, 3.8) is 0 Å². The molecule has 1 aromatic rings. The Labute approximate surface area is 155 Å². The summed E-state index contributed by atoms with van der Waals surface area (Å²) in [5.41, 5.74) is 0.923. The molecular weight excluding hydrogens is 330 g/mol. The highest BCUT2D eigenvalue weighted by Crippen LogP contribution is 2.34. The van der Waals surface area contributed by atoms with Crippen molar-refractivity contribution in [2.24, 2.45) is 5.92 Å². The van der Waals surface area contributed by atoms with E-state index in [1.807, 2.05) is 19.1 Å². The molecule has 26 heavy (non-hydrogen) atoms. The van der Waals surface area contributed by atoms with E-state index in [-0.39, 0.29) is 18.1 Å². The summed E-state index contributed by atoms with van der Waals surface area (Å²) < 4.78 is 6.15. The van der Waals surface area contributed by atoms with Crippen LogP contribution in [0.3, 0.4) is 0 Å². The SMILES string of the molecule is Cc1ccc(N2CC[C@H]3C[C@H](C(=O)NC4CCN(C)CC4)O[C@@H]3C2)nn1. The van der Waals surface area contributed by atoms with E-state index in [0.717, 1.165) is 63.4 Å². The Hall–Kier alpha value is -1.73. The largest absolute Gasteiger partial charge is 0.363 e. The lowest BCUT2D eigenvalue weighted by Gasteiger charge is -2.34. The number of aromatic nitrogens is 2. The molecule has 3 aliphatic heterocycles. The van der Waals surface area contributed by atoms with E-state index < -0.39 is 0 Å². The molecule has 1 amide bonds. The van der Waals surface area contributed by atoms with Crippen molar-refractivity contribution in [3.8, 4) is 0 Å². The molecule has 0 radical (unpaired) electrons. The van der Waals surface area contributed by atoms with Crippen molar-refractivity contribution in [3.05, 3.63) is 17.8 Å². The van der Waals surface area contributed by atoms with E-state index >= 15 is 0 Å². The van der Waals surface area contributed by atoms with Gasteiger partial charge < -0.3 is 19.9 Å². The maximum atomic E-state index is 12.6. The number of ether oxygens (including phenoxy) is 1. The van der Waals surface area contributed by atoms with E-state index in [2.05, 4.69) is 32.4 Å². The normalized spacial score (nSPS) is 30.2. The maximum Gasteiger partial charge on any atom is 0.249 e. The van der Waals surface area contributed by atoms with Crippen LogP contribution in [0.4, 0.5) is 5.82 Å². The number of anilines is 1. The molecule has 3 saturated heterocycles. The molecule has 4 heterocycles. The molecule has 0 unspecified atom stereocenters. The number of nitrogens with zero attached hydrogens (tertiary/aromatic N) is 4. The molecule has 7 nitrogen and oxygen atoms in total. The summed E-state index contributed by atoms with van der Waals surface area (Å²) in [6, 6.07) is 4.30. The summed E-state index contributed by atoms with van der Waals surface area (Å²) in [5.74, 6) is 1.45. The van der Waals surface area contributed by atoms with Crippen LogP contribution in [0.25, 0.3) is 0 Å². The van der Waals surface area contributed by atoms with E-state index in [4.69, 9.17) is 4.74 Å². The third kappa shape index (κ3) is 3.83. The van der Waals surface area contributed by atoms with Crippen molar-refractivity contribution in [1.29, 1.82) is 0 Å². The lowest BCUT2D eigenvalue weighted by atomic mass is 9.91. The van der Waals surface area contributed by atoms with Gasteiger partial charge in [-0.05, 0) is 70.8 Å². The van der Waals surface area contributed by atoms with Crippen LogP contribution < -0.4 is 10.2 Å². The quantitative estimate of drug-likeness (QED) is 0.868. The molecule has 0 aliphatic carbocycles. The second kappa shape index (κ2) is 7.48. The van der Waals surface area contributed by atoms with Gasteiger partial charge in [0.2, 0.25) is 5.91 Å². The smallest absolute Gasteiger partial charge is 0.249 e. The molecule has 142 valence electrons. The fourth-order valence-corrected chi connectivity index (χ4v) is 4.31. The van der Waals surface area contributed by atoms with E-state index in [9.17, 15) is 4.79 Å². The minimum Gasteiger partial charge on any atom is -0.363 e. The zero-order valence-electron chi connectivity index (χ0n) is 15.7. The fraction of sp³-hybridized carbons (Fsp3) is 0.737. The maximum absolute atomic E-state index is 12.6. The van der Waals surface area contributed by atoms with Gasteiger partial charge >= 0.3 is 0 Å². The van der Waals surface area contributed by atoms with Crippen molar-refractivity contribution in [2.45, 2.75) is 50.9 Å². The summed E-state index contributed by atoms with van der Waals surface area (Å²) in [6.07, 6.45) is 3.76. The van der Waals surface area contributed by atoms with Crippen LogP contribution in [0.2, 0.25) is 0 Å². The number of hydrogen-bond donors (Lipinski definition) is 1. The molecule has 1 aromatic heterocycles. The average Bonchev–Trinajstić information content (AvgIpc) is 3.08. The molecule has 0 spiro atoms. The van der Waals surface area contributed by atoms with Gasteiger partial charge in [0.05, 0.1) is 11.8 Å². The highest BCUT2D eigenvalue weighted by Gasteiger charge is 2.42. The Balaban J connectivity index is 1.31. The third-order valence-electron chi connectivity index (χ3n) is 6.02. The Morgan fingerprint density at radius 3 is 2.73 bits per heavy atom. The summed E-state index contributed by atoms with van der Waals surface area (Å²) in [7, 11) is 2.13. The van der Waals surface area contributed by atoms with Crippen LogP contribution in [0.1, 0.15) is 31.4 Å². The number of rotatable bonds is 3. The molecule has 3 fully saturated rings. The standard InChI is InChI=1S/C19H29N5O2/c1-13-3-4-18(22-21-13)24-10-5-14-11-16(26-17(14)12-24)19(25)20-15-6-8-23(2)9-7-15/h3-4,14-17H,5-12H2,1-2H3,(H,20,25)/t14-,16+,17+/m0/s1. The number of aryl methyl sites for hydroxylation is 1. The van der Waals surface area contributed by atoms with E-state index in [1.165, 1.54) is 0 Å². The Morgan fingerprint density at radius 1 is 1.19 bits per heavy atom. The summed E-state index contributed by atoms with van der Waals surface area (Å²) in [6.45, 7) is 5.78. The summed E-state index contributed by atoms with van der Waals surface area (Å²) >= 11 is 0. The highest BCUT2D eigenvalue weighted by molar-refractivity contribution is 5.81. The van der Waals surface area contributed by atoms with Gasteiger partial charge in [-0.1, -0.05) is 0 Å². The number of nitrogens with one attached hydrogen (secondary N) is 1. The number of carbonyl (C=O) groups excluding carboxylic acids is 1. The Kier molecular flexibility index (Phi) is 5.09. The second-order valence-electron chi connectivity index (χ2n) is 8.01. The first-order valence-electron chi connectivity index (χ1n) is 9.78. The summed E-state index contributed by atoms with van der Waals surface area (Å²) in [5, 5.41) is 11.7. The van der Waals surface area contributed by atoms with E-state index in [1.54, 1.807) is 0 Å². The molecule has 3 atom stereocenters. The zero-order chi connectivity index (χ0) is 18.1. The molecule has 0 bridgehead atoms. The topological polar surface area (TPSA) is 70.6 Å². The average molecular weight is 359 g/mol. The number of carbonyl (C=O) groups is 1. The second-order valence-corrected chi connectivity index (χ2v) is 8.01. The Bertz CT molecular complexity index is 629. The number of likely N-dealkylation sites (tertiary alicyclic amines) is 1. The van der Waals surface area contributed by atoms with Gasteiger partial charge in [-0.2, -0.15) is 5.10 Å². The number of amides is 1. The first kappa shape index (κ1) is 17.7. The molecule has 0 aromatic carbocycles. The van der Waals surface area contributed by atoms with Gasteiger partial charge in [-0.15, -0.1) is 5.10 Å². The van der Waals surface area contributed by atoms with Crippen molar-refractivity contribution < 1.29 is 9.53 Å². The third-order valence-corrected chi connectivity index (χ3v) is 6.02. The molecule has 3 aliphatic rings. The van der Waals surface area contributed by atoms with Crippen LogP contribution in [0, 0.1) is 12.8 Å². The lowest BCUT2D eigenvalue weighted by molar-refractivity contribution is -0.133. The van der Waals surface area contributed by atoms with E-state index in [0.29, 0.717) is 12.0 Å². The van der Waals surface area contributed by atoms with Crippen molar-refractivity contribution in [1.82, 2.24) is 20.4 Å². The fourth-order valence-electron chi connectivity index (χ4n) is 4.31.